The van der Waals surface area contributed by atoms with Crippen LogP contribution in [-0.2, 0) is 6.61 Å². The first-order valence-electron chi connectivity index (χ1n) is 11.2. The number of halogens is 1. The van der Waals surface area contributed by atoms with Gasteiger partial charge < -0.3 is 20.0 Å². The average Bonchev–Trinajstić information content (AvgIpc) is 2.79. The van der Waals surface area contributed by atoms with E-state index in [1.807, 2.05) is 18.2 Å². The Morgan fingerprint density at radius 2 is 1.91 bits per heavy atom. The summed E-state index contributed by atoms with van der Waals surface area (Å²) in [6, 6.07) is 9.33. The smallest absolute Gasteiger partial charge is 0.163 e. The second-order valence-electron chi connectivity index (χ2n) is 9.13. The highest BCUT2D eigenvalue weighted by molar-refractivity contribution is 6.32. The third-order valence-electron chi connectivity index (χ3n) is 6.42. The molecule has 1 aliphatic heterocycles. The topological polar surface area (TPSA) is 76.9 Å². The number of fused-ring (bicyclic) bond motifs is 1. The first-order valence-corrected chi connectivity index (χ1v) is 11.6. The van der Waals surface area contributed by atoms with E-state index >= 15 is 0 Å². The summed E-state index contributed by atoms with van der Waals surface area (Å²) in [5.41, 5.74) is 4.42. The van der Waals surface area contributed by atoms with Gasteiger partial charge in [-0.15, -0.1) is 0 Å². The molecule has 0 bridgehead atoms. The minimum absolute atomic E-state index is 0.00420. The van der Waals surface area contributed by atoms with Crippen molar-refractivity contribution >= 4 is 34.0 Å². The quantitative estimate of drug-likeness (QED) is 0.510. The van der Waals surface area contributed by atoms with Gasteiger partial charge in [0.1, 0.15) is 5.75 Å². The third-order valence-corrected chi connectivity index (χ3v) is 6.71. The predicted octanol–water partition coefficient (Wildman–Crippen LogP) is 4.73. The highest BCUT2D eigenvalue weighted by atomic mass is 35.5. The van der Waals surface area contributed by atoms with Gasteiger partial charge in [0.05, 0.1) is 28.4 Å². The molecule has 2 aromatic carbocycles. The van der Waals surface area contributed by atoms with Gasteiger partial charge in [-0.3, -0.25) is 9.78 Å². The van der Waals surface area contributed by atoms with Crippen molar-refractivity contribution < 1.29 is 15.0 Å². The van der Waals surface area contributed by atoms with Crippen molar-refractivity contribution in [2.75, 3.05) is 38.6 Å². The lowest BCUT2D eigenvalue weighted by Gasteiger charge is -2.36. The number of hydrogen-bond donors (Lipinski definition) is 2. The normalized spacial score (nSPS) is 14.9. The lowest BCUT2D eigenvalue weighted by Crippen LogP contribution is -2.37. The second-order valence-corrected chi connectivity index (χ2v) is 9.53. The molecule has 174 valence electrons. The van der Waals surface area contributed by atoms with Gasteiger partial charge in [-0.1, -0.05) is 17.7 Å². The summed E-state index contributed by atoms with van der Waals surface area (Å²) in [5, 5.41) is 20.8. The number of pyridine rings is 1. The molecule has 1 fully saturated rings. The summed E-state index contributed by atoms with van der Waals surface area (Å²) in [4.78, 5) is 21.6. The Bertz CT molecular complexity index is 1190. The van der Waals surface area contributed by atoms with Crippen LogP contribution in [-0.4, -0.2) is 59.6 Å². The molecule has 2 N–H and O–H groups in total. The summed E-state index contributed by atoms with van der Waals surface area (Å²) >= 11 is 6.21. The zero-order valence-electron chi connectivity index (χ0n) is 19.3. The van der Waals surface area contributed by atoms with Crippen molar-refractivity contribution in [3.63, 3.8) is 0 Å². The molecule has 1 aromatic heterocycles. The van der Waals surface area contributed by atoms with Gasteiger partial charge in [-0.2, -0.15) is 0 Å². The molecule has 0 saturated carbocycles. The van der Waals surface area contributed by atoms with Crippen molar-refractivity contribution in [3.05, 3.63) is 52.7 Å². The fourth-order valence-corrected chi connectivity index (χ4v) is 4.99. The number of aliphatic hydroxyl groups is 1. The number of Topliss-reactive ketones (excluding diaryl/α,β-unsaturated/α-hetero) is 1. The van der Waals surface area contributed by atoms with E-state index in [0.717, 1.165) is 60.2 Å². The van der Waals surface area contributed by atoms with E-state index in [9.17, 15) is 15.0 Å². The molecule has 33 heavy (non-hydrogen) atoms. The molecular weight excluding hydrogens is 438 g/mol. The maximum absolute atomic E-state index is 12.5. The first kappa shape index (κ1) is 23.5. The average molecular weight is 468 g/mol. The molecule has 0 unspecified atom stereocenters. The number of hydrogen-bond acceptors (Lipinski definition) is 6. The number of piperidine rings is 1. The van der Waals surface area contributed by atoms with Gasteiger partial charge in [-0.05, 0) is 75.2 Å². The minimum atomic E-state index is -0.309. The van der Waals surface area contributed by atoms with Crippen LogP contribution < -0.4 is 4.90 Å². The third kappa shape index (κ3) is 4.83. The van der Waals surface area contributed by atoms with Crippen molar-refractivity contribution in [2.24, 2.45) is 5.92 Å². The molecule has 3 aromatic rings. The molecule has 2 heterocycles. The van der Waals surface area contributed by atoms with Gasteiger partial charge in [0.2, 0.25) is 0 Å². The molecule has 1 saturated heterocycles. The fourth-order valence-electron chi connectivity index (χ4n) is 4.76. The fraction of sp³-hybridized carbons (Fsp3) is 0.385. The standard InChI is InChI=1S/C26H30ClN3O3/c1-16(32)22-13-28-24-5-4-18(19-10-20(15-31)26(33)23(27)12-19)11-21(24)25(22)30-8-6-17(7-9-30)14-29(2)3/h4-5,10-13,17,31,33H,6-9,14-15H2,1-3H3. The zero-order chi connectivity index (χ0) is 23.7. The Labute approximate surface area is 199 Å². The van der Waals surface area contributed by atoms with E-state index in [1.165, 1.54) is 0 Å². The molecular formula is C26H30ClN3O3. The summed E-state index contributed by atoms with van der Waals surface area (Å²) in [6.07, 6.45) is 3.84. The highest BCUT2D eigenvalue weighted by Gasteiger charge is 2.25. The Kier molecular flexibility index (Phi) is 6.88. The first-order chi connectivity index (χ1) is 15.8. The summed E-state index contributed by atoms with van der Waals surface area (Å²) < 4.78 is 0. The number of aliphatic hydroxyl groups excluding tert-OH is 1. The zero-order valence-corrected chi connectivity index (χ0v) is 20.1. The SMILES string of the molecule is CC(=O)c1cnc2ccc(-c3cc(Cl)c(O)c(CO)c3)cc2c1N1CCC(CN(C)C)CC1. The van der Waals surface area contributed by atoms with Crippen LogP contribution in [0.2, 0.25) is 5.02 Å². The van der Waals surface area contributed by atoms with Gasteiger partial charge in [0.15, 0.2) is 5.78 Å². The highest BCUT2D eigenvalue weighted by Crippen LogP contribution is 2.38. The van der Waals surface area contributed by atoms with E-state index in [4.69, 9.17) is 11.6 Å². The Hall–Kier alpha value is -2.67. The van der Waals surface area contributed by atoms with Crippen LogP contribution in [0.15, 0.2) is 36.5 Å². The molecule has 4 rings (SSSR count). The number of ketones is 1. The van der Waals surface area contributed by atoms with E-state index in [2.05, 4.69) is 28.9 Å². The molecule has 0 aliphatic carbocycles. The molecule has 1 aliphatic rings. The number of carbonyl (C=O) groups is 1. The number of aromatic hydroxyl groups is 1. The lowest BCUT2D eigenvalue weighted by atomic mass is 9.94. The number of benzene rings is 2. The number of aromatic nitrogens is 1. The van der Waals surface area contributed by atoms with Crippen molar-refractivity contribution in [1.29, 1.82) is 0 Å². The van der Waals surface area contributed by atoms with E-state index in [-0.39, 0.29) is 23.2 Å². The van der Waals surface area contributed by atoms with Gasteiger partial charge in [-0.25, -0.2) is 0 Å². The van der Waals surface area contributed by atoms with Gasteiger partial charge in [0, 0.05) is 36.8 Å². The van der Waals surface area contributed by atoms with Crippen LogP contribution >= 0.6 is 11.6 Å². The summed E-state index contributed by atoms with van der Waals surface area (Å²) in [5.74, 6) is 0.540. The molecule has 6 nitrogen and oxygen atoms in total. The Balaban J connectivity index is 1.80. The largest absolute Gasteiger partial charge is 0.506 e. The molecule has 0 atom stereocenters. The van der Waals surface area contributed by atoms with Crippen LogP contribution in [0.3, 0.4) is 0 Å². The molecule has 0 amide bonds. The maximum atomic E-state index is 12.5. The summed E-state index contributed by atoms with van der Waals surface area (Å²) in [6.45, 7) is 4.13. The number of nitrogens with zero attached hydrogens (tertiary/aromatic N) is 3. The van der Waals surface area contributed by atoms with Crippen molar-refractivity contribution in [2.45, 2.75) is 26.4 Å². The van der Waals surface area contributed by atoms with E-state index < -0.39 is 0 Å². The van der Waals surface area contributed by atoms with Crippen LogP contribution in [0.5, 0.6) is 5.75 Å². The van der Waals surface area contributed by atoms with Crippen LogP contribution in [0.25, 0.3) is 22.0 Å². The molecule has 7 heteroatoms. The lowest BCUT2D eigenvalue weighted by molar-refractivity contribution is 0.101. The Morgan fingerprint density at radius 1 is 1.18 bits per heavy atom. The van der Waals surface area contributed by atoms with Crippen molar-refractivity contribution in [1.82, 2.24) is 9.88 Å². The van der Waals surface area contributed by atoms with Crippen LogP contribution in [0, 0.1) is 5.92 Å². The van der Waals surface area contributed by atoms with Gasteiger partial charge in [0.25, 0.3) is 0 Å². The predicted molar refractivity (Wildman–Crippen MR) is 133 cm³/mol. The molecule has 0 spiro atoms. The number of rotatable bonds is 6. The number of phenols is 1. The number of anilines is 1. The van der Waals surface area contributed by atoms with Crippen LogP contribution in [0.4, 0.5) is 5.69 Å². The Morgan fingerprint density at radius 3 is 2.55 bits per heavy atom. The van der Waals surface area contributed by atoms with E-state index in [1.54, 1.807) is 25.3 Å². The minimum Gasteiger partial charge on any atom is -0.506 e. The molecule has 0 radical (unpaired) electrons. The van der Waals surface area contributed by atoms with Crippen molar-refractivity contribution in [3.8, 4) is 16.9 Å². The monoisotopic (exact) mass is 467 g/mol. The maximum Gasteiger partial charge on any atom is 0.163 e. The second kappa shape index (κ2) is 9.67. The van der Waals surface area contributed by atoms with E-state index in [0.29, 0.717) is 17.0 Å². The van der Waals surface area contributed by atoms with Crippen LogP contribution in [0.1, 0.15) is 35.7 Å². The number of carbonyl (C=O) groups excluding carboxylic acids is 1. The summed E-state index contributed by atoms with van der Waals surface area (Å²) in [7, 11) is 4.21. The van der Waals surface area contributed by atoms with Gasteiger partial charge >= 0.3 is 0 Å².